The zero-order chi connectivity index (χ0) is 29.1. The van der Waals surface area contributed by atoms with Gasteiger partial charge in [-0.2, -0.15) is 0 Å². The van der Waals surface area contributed by atoms with E-state index in [4.69, 9.17) is 9.47 Å². The maximum atomic E-state index is 14.0. The number of hydrogen-bond donors (Lipinski definition) is 2. The minimum Gasteiger partial charge on any atom is -0.454 e. The molecule has 2 aliphatic heterocycles. The van der Waals surface area contributed by atoms with E-state index in [0.29, 0.717) is 28.8 Å². The number of aryl methyl sites for hydroxylation is 2. The quantitative estimate of drug-likeness (QED) is 0.279. The van der Waals surface area contributed by atoms with E-state index < -0.39 is 0 Å². The fraction of sp³-hybridized carbons (Fsp3) is 0.281. The molecule has 1 fully saturated rings. The molecule has 10 nitrogen and oxygen atoms in total. The number of aromatic nitrogens is 2. The maximum absolute atomic E-state index is 14.0. The number of ether oxygens (including phenoxy) is 2. The van der Waals surface area contributed by atoms with Crippen molar-refractivity contribution in [2.24, 2.45) is 0 Å². The molecule has 4 aromatic rings. The second kappa shape index (κ2) is 12.0. The van der Waals surface area contributed by atoms with Crippen LogP contribution in [0.3, 0.4) is 0 Å². The number of nitrogens with one attached hydrogen (secondary N) is 2. The summed E-state index contributed by atoms with van der Waals surface area (Å²) in [5.41, 5.74) is 5.36. The Kier molecular flexibility index (Phi) is 7.78. The van der Waals surface area contributed by atoms with Gasteiger partial charge in [-0.1, -0.05) is 25.1 Å². The van der Waals surface area contributed by atoms with E-state index in [2.05, 4.69) is 49.5 Å². The molecule has 3 heterocycles. The van der Waals surface area contributed by atoms with E-state index in [9.17, 15) is 4.79 Å². The second-order valence-electron chi connectivity index (χ2n) is 10.4. The molecule has 1 saturated heterocycles. The smallest absolute Gasteiger partial charge is 0.332 e. The topological polar surface area (TPSA) is 95.1 Å². The fourth-order valence-corrected chi connectivity index (χ4v) is 5.32. The van der Waals surface area contributed by atoms with Crippen LogP contribution in [0.2, 0.25) is 0 Å². The summed E-state index contributed by atoms with van der Waals surface area (Å²) >= 11 is 0. The minimum absolute atomic E-state index is 0.203. The van der Waals surface area contributed by atoms with Crippen molar-refractivity contribution < 1.29 is 14.3 Å². The number of benzene rings is 3. The number of piperazine rings is 1. The number of carbonyl (C=O) groups is 1. The Hall–Kier alpha value is -4.83. The van der Waals surface area contributed by atoms with Crippen LogP contribution < -0.4 is 29.9 Å². The van der Waals surface area contributed by atoms with Gasteiger partial charge < -0.3 is 29.9 Å². The van der Waals surface area contributed by atoms with Crippen molar-refractivity contribution in [3.63, 3.8) is 0 Å². The Morgan fingerprint density at radius 3 is 2.38 bits per heavy atom. The van der Waals surface area contributed by atoms with Crippen LogP contribution in [0.1, 0.15) is 18.1 Å². The summed E-state index contributed by atoms with van der Waals surface area (Å²) in [5, 5.41) is 6.41. The second-order valence-corrected chi connectivity index (χ2v) is 10.4. The molecule has 0 aliphatic carbocycles. The summed E-state index contributed by atoms with van der Waals surface area (Å²) < 4.78 is 10.9. The monoisotopic (exact) mass is 565 g/mol. The van der Waals surface area contributed by atoms with E-state index in [0.717, 1.165) is 60.9 Å². The summed E-state index contributed by atoms with van der Waals surface area (Å²) in [6.45, 7) is 11.5. The van der Waals surface area contributed by atoms with E-state index in [1.54, 1.807) is 11.0 Å². The lowest BCUT2D eigenvalue weighted by Crippen LogP contribution is -2.46. The SMILES string of the molecule is CCN1CCN(c2ccc(N(C(=O)Nc3c(C)cccc3C)c3cc(Nc4ccc5c(c4)OCO5)ncn3)cc2)CC1. The first-order chi connectivity index (χ1) is 20.5. The lowest BCUT2D eigenvalue weighted by atomic mass is 10.1. The molecule has 2 amide bonds. The van der Waals surface area contributed by atoms with Crippen LogP contribution in [0.15, 0.2) is 73.1 Å². The van der Waals surface area contributed by atoms with Gasteiger partial charge in [0.2, 0.25) is 6.79 Å². The standard InChI is InChI=1S/C32H35N7O3/c1-4-37-14-16-38(17-15-37)25-9-11-26(12-10-25)39(32(40)36-31-22(2)6-5-7-23(31)3)30-19-29(33-20-34-30)35-24-8-13-27-28(18-24)42-21-41-27/h5-13,18-20H,4,14-17,21H2,1-3H3,(H,36,40)(H,33,34,35). The molecule has 0 radical (unpaired) electrons. The number of urea groups is 1. The van der Waals surface area contributed by atoms with Crippen molar-refractivity contribution in [1.82, 2.24) is 14.9 Å². The van der Waals surface area contributed by atoms with Crippen LogP contribution in [0, 0.1) is 13.8 Å². The Bertz CT molecular complexity index is 1550. The van der Waals surface area contributed by atoms with Crippen molar-refractivity contribution in [2.75, 3.05) is 60.0 Å². The van der Waals surface area contributed by atoms with Gasteiger partial charge in [0.25, 0.3) is 0 Å². The first kappa shape index (κ1) is 27.3. The van der Waals surface area contributed by atoms with Crippen LogP contribution in [0.5, 0.6) is 11.5 Å². The number of fused-ring (bicyclic) bond motifs is 1. The predicted octanol–water partition coefficient (Wildman–Crippen LogP) is 6.08. The molecule has 3 aromatic carbocycles. The highest BCUT2D eigenvalue weighted by molar-refractivity contribution is 6.07. The van der Waals surface area contributed by atoms with Crippen LogP contribution in [-0.4, -0.2) is 60.4 Å². The van der Waals surface area contributed by atoms with Crippen molar-refractivity contribution in [3.05, 3.63) is 84.2 Å². The molecule has 2 aliphatic rings. The Balaban J connectivity index is 1.30. The largest absolute Gasteiger partial charge is 0.454 e. The van der Waals surface area contributed by atoms with Crippen molar-refractivity contribution >= 4 is 40.4 Å². The van der Waals surface area contributed by atoms with Crippen molar-refractivity contribution in [3.8, 4) is 11.5 Å². The third-order valence-corrected chi connectivity index (χ3v) is 7.74. The van der Waals surface area contributed by atoms with E-state index in [-0.39, 0.29) is 12.8 Å². The Morgan fingerprint density at radius 2 is 1.64 bits per heavy atom. The number of amides is 2. The number of carbonyl (C=O) groups excluding carboxylic acids is 1. The molecule has 0 unspecified atom stereocenters. The highest BCUT2D eigenvalue weighted by Gasteiger charge is 2.23. The highest BCUT2D eigenvalue weighted by Crippen LogP contribution is 2.35. The number of nitrogens with zero attached hydrogens (tertiary/aromatic N) is 5. The third-order valence-electron chi connectivity index (χ3n) is 7.74. The average molecular weight is 566 g/mol. The minimum atomic E-state index is -0.315. The summed E-state index contributed by atoms with van der Waals surface area (Å²) in [6.07, 6.45) is 1.45. The average Bonchev–Trinajstić information content (AvgIpc) is 3.48. The van der Waals surface area contributed by atoms with Gasteiger partial charge in [-0.25, -0.2) is 19.7 Å². The van der Waals surface area contributed by atoms with Crippen LogP contribution in [-0.2, 0) is 0 Å². The maximum Gasteiger partial charge on any atom is 0.332 e. The van der Waals surface area contributed by atoms with E-state index >= 15 is 0 Å². The van der Waals surface area contributed by atoms with Gasteiger partial charge in [-0.05, 0) is 67.9 Å². The molecule has 42 heavy (non-hydrogen) atoms. The van der Waals surface area contributed by atoms with Gasteiger partial charge in [0.1, 0.15) is 18.0 Å². The Morgan fingerprint density at radius 1 is 0.905 bits per heavy atom. The van der Waals surface area contributed by atoms with Gasteiger partial charge >= 0.3 is 6.03 Å². The summed E-state index contributed by atoms with van der Waals surface area (Å²) in [5.74, 6) is 2.34. The number of rotatable bonds is 7. The lowest BCUT2D eigenvalue weighted by molar-refractivity contribution is 0.174. The third kappa shape index (κ3) is 5.80. The first-order valence-electron chi connectivity index (χ1n) is 14.2. The first-order valence-corrected chi connectivity index (χ1v) is 14.2. The van der Waals surface area contributed by atoms with E-state index in [1.807, 2.05) is 62.4 Å². The highest BCUT2D eigenvalue weighted by atomic mass is 16.7. The molecule has 0 bridgehead atoms. The van der Waals surface area contributed by atoms with Gasteiger partial charge in [-0.15, -0.1) is 0 Å². The molecule has 2 N–H and O–H groups in total. The molecule has 216 valence electrons. The fourth-order valence-electron chi connectivity index (χ4n) is 5.32. The Labute approximate surface area is 245 Å². The predicted molar refractivity (Wildman–Crippen MR) is 166 cm³/mol. The van der Waals surface area contributed by atoms with Crippen molar-refractivity contribution in [2.45, 2.75) is 20.8 Å². The lowest BCUT2D eigenvalue weighted by Gasteiger charge is -2.35. The summed E-state index contributed by atoms with van der Waals surface area (Å²) in [4.78, 5) is 29.3. The van der Waals surface area contributed by atoms with Gasteiger partial charge in [0, 0.05) is 55.4 Å². The molecular weight excluding hydrogens is 530 g/mol. The molecule has 0 saturated carbocycles. The van der Waals surface area contributed by atoms with Gasteiger partial charge in [0.05, 0.1) is 5.69 Å². The number of para-hydroxylation sites is 1. The molecule has 0 atom stereocenters. The number of likely N-dealkylation sites (N-methyl/N-ethyl adjacent to an activating group) is 1. The van der Waals surface area contributed by atoms with Crippen LogP contribution in [0.25, 0.3) is 0 Å². The zero-order valence-electron chi connectivity index (χ0n) is 24.1. The normalized spacial score (nSPS) is 14.5. The van der Waals surface area contributed by atoms with Crippen molar-refractivity contribution in [1.29, 1.82) is 0 Å². The zero-order valence-corrected chi connectivity index (χ0v) is 24.1. The van der Waals surface area contributed by atoms with E-state index in [1.165, 1.54) is 6.33 Å². The molecular formula is C32H35N7O3. The molecule has 6 rings (SSSR count). The summed E-state index contributed by atoms with van der Waals surface area (Å²) in [6, 6.07) is 21.1. The van der Waals surface area contributed by atoms with Gasteiger partial charge in [-0.3, -0.25) is 0 Å². The number of anilines is 6. The van der Waals surface area contributed by atoms with Crippen LogP contribution >= 0.6 is 0 Å². The van der Waals surface area contributed by atoms with Crippen LogP contribution in [0.4, 0.5) is 39.2 Å². The summed E-state index contributed by atoms with van der Waals surface area (Å²) in [7, 11) is 0. The molecule has 0 spiro atoms. The molecule has 10 heteroatoms. The molecule has 1 aromatic heterocycles. The van der Waals surface area contributed by atoms with Gasteiger partial charge in [0.15, 0.2) is 11.5 Å². The number of hydrogen-bond acceptors (Lipinski definition) is 8.